The Balaban J connectivity index is 2.09. The highest BCUT2D eigenvalue weighted by atomic mass is 35.5. The van der Waals surface area contributed by atoms with Crippen LogP contribution in [0, 0.1) is 0 Å². The second kappa shape index (κ2) is 4.70. The standard InChI is InChI=1S/C10H12ClNO3/c1-2-15-12-5-7-3-8(11)10-9(4-7)13-6-14-10/h3-4,12H,2,5-6H2,1H3. The number of ether oxygens (including phenoxy) is 2. The Labute approximate surface area is 93.0 Å². The van der Waals surface area contributed by atoms with Gasteiger partial charge in [-0.25, -0.2) is 0 Å². The lowest BCUT2D eigenvalue weighted by molar-refractivity contribution is 0.0463. The van der Waals surface area contributed by atoms with Crippen LogP contribution in [0.5, 0.6) is 11.5 Å². The maximum absolute atomic E-state index is 6.01. The van der Waals surface area contributed by atoms with Crippen molar-refractivity contribution in [3.05, 3.63) is 22.7 Å². The highest BCUT2D eigenvalue weighted by Crippen LogP contribution is 2.39. The average molecular weight is 230 g/mol. The van der Waals surface area contributed by atoms with Gasteiger partial charge in [-0.2, -0.15) is 5.48 Å². The molecule has 15 heavy (non-hydrogen) atoms. The lowest BCUT2D eigenvalue weighted by atomic mass is 10.2. The first kappa shape index (κ1) is 10.5. The van der Waals surface area contributed by atoms with Gasteiger partial charge in [-0.15, -0.1) is 0 Å². The van der Waals surface area contributed by atoms with Crippen LogP contribution < -0.4 is 15.0 Å². The van der Waals surface area contributed by atoms with Crippen LogP contribution in [-0.4, -0.2) is 13.4 Å². The van der Waals surface area contributed by atoms with E-state index >= 15 is 0 Å². The molecular weight excluding hydrogens is 218 g/mol. The summed E-state index contributed by atoms with van der Waals surface area (Å²) in [5.74, 6) is 1.31. The number of hydrogen-bond acceptors (Lipinski definition) is 4. The Morgan fingerprint density at radius 3 is 3.13 bits per heavy atom. The normalized spacial score (nSPS) is 13.2. The third-order valence-electron chi connectivity index (χ3n) is 2.01. The second-order valence-electron chi connectivity index (χ2n) is 3.07. The maximum atomic E-state index is 6.01. The number of hydrogen-bond donors (Lipinski definition) is 1. The molecule has 0 saturated carbocycles. The van der Waals surface area contributed by atoms with Crippen molar-refractivity contribution in [2.75, 3.05) is 13.4 Å². The zero-order chi connectivity index (χ0) is 10.7. The molecule has 0 radical (unpaired) electrons. The van der Waals surface area contributed by atoms with Crippen molar-refractivity contribution in [2.45, 2.75) is 13.5 Å². The van der Waals surface area contributed by atoms with Gasteiger partial charge in [-0.3, -0.25) is 0 Å². The van der Waals surface area contributed by atoms with E-state index in [2.05, 4.69) is 5.48 Å². The van der Waals surface area contributed by atoms with Crippen LogP contribution in [0.15, 0.2) is 12.1 Å². The Morgan fingerprint density at radius 2 is 2.33 bits per heavy atom. The molecule has 0 aliphatic carbocycles. The molecule has 1 aromatic carbocycles. The van der Waals surface area contributed by atoms with Crippen molar-refractivity contribution in [3.8, 4) is 11.5 Å². The van der Waals surface area contributed by atoms with E-state index in [1.165, 1.54) is 0 Å². The molecule has 1 N–H and O–H groups in total. The zero-order valence-corrected chi connectivity index (χ0v) is 9.13. The van der Waals surface area contributed by atoms with Gasteiger partial charge in [-0.1, -0.05) is 11.6 Å². The lowest BCUT2D eigenvalue weighted by Gasteiger charge is -2.06. The number of halogens is 1. The van der Waals surface area contributed by atoms with Gasteiger partial charge in [0, 0.05) is 6.54 Å². The number of hydroxylamine groups is 1. The molecule has 0 bridgehead atoms. The molecule has 2 rings (SSSR count). The number of nitrogens with one attached hydrogen (secondary N) is 1. The van der Waals surface area contributed by atoms with Gasteiger partial charge in [0.05, 0.1) is 11.6 Å². The SMILES string of the molecule is CCONCc1cc(Cl)c2c(c1)OCO2. The quantitative estimate of drug-likeness (QED) is 0.634. The van der Waals surface area contributed by atoms with Crippen LogP contribution in [0.2, 0.25) is 5.02 Å². The van der Waals surface area contributed by atoms with E-state index in [1.807, 2.05) is 19.1 Å². The minimum Gasteiger partial charge on any atom is -0.454 e. The summed E-state index contributed by atoms with van der Waals surface area (Å²) in [6.45, 7) is 3.36. The summed E-state index contributed by atoms with van der Waals surface area (Å²) in [6.07, 6.45) is 0. The molecule has 0 fully saturated rings. The zero-order valence-electron chi connectivity index (χ0n) is 8.38. The van der Waals surface area contributed by atoms with Gasteiger partial charge in [0.2, 0.25) is 6.79 Å². The number of rotatable bonds is 4. The lowest BCUT2D eigenvalue weighted by Crippen LogP contribution is -2.13. The van der Waals surface area contributed by atoms with Gasteiger partial charge < -0.3 is 14.3 Å². The summed E-state index contributed by atoms with van der Waals surface area (Å²) >= 11 is 6.01. The topological polar surface area (TPSA) is 39.7 Å². The number of fused-ring (bicyclic) bond motifs is 1. The molecule has 5 heteroatoms. The van der Waals surface area contributed by atoms with Crippen molar-refractivity contribution in [1.82, 2.24) is 5.48 Å². The van der Waals surface area contributed by atoms with E-state index in [-0.39, 0.29) is 6.79 Å². The van der Waals surface area contributed by atoms with Gasteiger partial charge in [0.25, 0.3) is 0 Å². The van der Waals surface area contributed by atoms with Gasteiger partial charge >= 0.3 is 0 Å². The molecule has 0 amide bonds. The van der Waals surface area contributed by atoms with Crippen LogP contribution in [0.4, 0.5) is 0 Å². The first-order valence-corrected chi connectivity index (χ1v) is 5.11. The molecule has 0 unspecified atom stereocenters. The highest BCUT2D eigenvalue weighted by molar-refractivity contribution is 6.32. The molecule has 0 atom stereocenters. The summed E-state index contributed by atoms with van der Waals surface area (Å²) in [7, 11) is 0. The van der Waals surface area contributed by atoms with E-state index in [9.17, 15) is 0 Å². The van der Waals surface area contributed by atoms with Gasteiger partial charge in [0.1, 0.15) is 0 Å². The van der Waals surface area contributed by atoms with Crippen LogP contribution >= 0.6 is 11.6 Å². The molecule has 1 aromatic rings. The van der Waals surface area contributed by atoms with Crippen LogP contribution in [0.3, 0.4) is 0 Å². The van der Waals surface area contributed by atoms with Crippen LogP contribution in [0.25, 0.3) is 0 Å². The largest absolute Gasteiger partial charge is 0.454 e. The molecule has 0 saturated heterocycles. The highest BCUT2D eigenvalue weighted by Gasteiger charge is 2.17. The minimum atomic E-state index is 0.234. The average Bonchev–Trinajstić information content (AvgIpc) is 2.66. The van der Waals surface area contributed by atoms with Crippen molar-refractivity contribution in [1.29, 1.82) is 0 Å². The third-order valence-corrected chi connectivity index (χ3v) is 2.29. The van der Waals surface area contributed by atoms with Crippen LogP contribution in [0.1, 0.15) is 12.5 Å². The van der Waals surface area contributed by atoms with E-state index in [1.54, 1.807) is 0 Å². The Hall–Kier alpha value is -0.970. The van der Waals surface area contributed by atoms with Crippen molar-refractivity contribution >= 4 is 11.6 Å². The Morgan fingerprint density at radius 1 is 1.47 bits per heavy atom. The predicted octanol–water partition coefficient (Wildman–Crippen LogP) is 2.11. The fourth-order valence-corrected chi connectivity index (χ4v) is 1.65. The molecule has 1 heterocycles. The summed E-state index contributed by atoms with van der Waals surface area (Å²) in [5.41, 5.74) is 3.81. The minimum absolute atomic E-state index is 0.234. The van der Waals surface area contributed by atoms with E-state index in [0.29, 0.717) is 29.7 Å². The molecule has 0 spiro atoms. The van der Waals surface area contributed by atoms with Gasteiger partial charge in [0.15, 0.2) is 11.5 Å². The molecule has 1 aliphatic heterocycles. The first-order chi connectivity index (χ1) is 7.31. The summed E-state index contributed by atoms with van der Waals surface area (Å²) in [5, 5.41) is 0.568. The second-order valence-corrected chi connectivity index (χ2v) is 3.47. The molecule has 1 aliphatic rings. The molecule has 0 aromatic heterocycles. The Bertz CT molecular complexity index is 357. The first-order valence-electron chi connectivity index (χ1n) is 4.74. The van der Waals surface area contributed by atoms with Crippen molar-refractivity contribution in [2.24, 2.45) is 0 Å². The maximum Gasteiger partial charge on any atom is 0.231 e. The fraction of sp³-hybridized carbons (Fsp3) is 0.400. The van der Waals surface area contributed by atoms with Crippen LogP contribution in [-0.2, 0) is 11.4 Å². The number of benzene rings is 1. The van der Waals surface area contributed by atoms with E-state index < -0.39 is 0 Å². The van der Waals surface area contributed by atoms with Crippen molar-refractivity contribution < 1.29 is 14.3 Å². The smallest absolute Gasteiger partial charge is 0.231 e. The summed E-state index contributed by atoms with van der Waals surface area (Å²) in [6, 6.07) is 3.72. The van der Waals surface area contributed by atoms with E-state index in [0.717, 1.165) is 5.56 Å². The van der Waals surface area contributed by atoms with E-state index in [4.69, 9.17) is 25.9 Å². The molecule has 4 nitrogen and oxygen atoms in total. The summed E-state index contributed by atoms with van der Waals surface area (Å²) in [4.78, 5) is 5.03. The molecule has 82 valence electrons. The third kappa shape index (κ3) is 2.34. The summed E-state index contributed by atoms with van der Waals surface area (Å²) < 4.78 is 10.5. The monoisotopic (exact) mass is 229 g/mol. The molecular formula is C10H12ClNO3. The fourth-order valence-electron chi connectivity index (χ4n) is 1.36. The van der Waals surface area contributed by atoms with Gasteiger partial charge in [-0.05, 0) is 24.6 Å². The predicted molar refractivity (Wildman–Crippen MR) is 56.0 cm³/mol. The Kier molecular flexibility index (Phi) is 3.30. The van der Waals surface area contributed by atoms with Crippen molar-refractivity contribution in [3.63, 3.8) is 0 Å².